The minimum Gasteiger partial charge on any atom is -0.206 e. The van der Waals surface area contributed by atoms with Gasteiger partial charge in [0.25, 0.3) is 0 Å². The molecule has 0 heterocycles. The molecule has 0 saturated heterocycles. The highest BCUT2D eigenvalue weighted by atomic mass is 19.4. The fourth-order valence-electron chi connectivity index (χ4n) is 4.53. The zero-order valence-electron chi connectivity index (χ0n) is 17.5. The molecule has 0 radical (unpaired) electrons. The van der Waals surface area contributed by atoms with Gasteiger partial charge in [0, 0.05) is 0 Å². The van der Waals surface area contributed by atoms with E-state index in [9.17, 15) is 22.0 Å². The van der Waals surface area contributed by atoms with Gasteiger partial charge in [-0.05, 0) is 78.8 Å². The number of hydrogen-bond acceptors (Lipinski definition) is 0. The van der Waals surface area contributed by atoms with Crippen LogP contribution in [0, 0.1) is 23.5 Å². The maximum atomic E-state index is 14.7. The Morgan fingerprint density at radius 2 is 1.47 bits per heavy atom. The molecule has 0 N–H and O–H groups in total. The standard InChI is InChI=1S/C25H29F5/c1-16(2)4-3-5-17-6-8-18(9-7-17)20-14-22(26)24(23(27)15-20)19-10-12-21(13-11-19)25(28,29)30/h10-18H,3-9H2,1-2H3. The minimum absolute atomic E-state index is 0.110. The van der Waals surface area contributed by atoms with Gasteiger partial charge >= 0.3 is 6.18 Å². The first-order valence-corrected chi connectivity index (χ1v) is 10.8. The van der Waals surface area contributed by atoms with Crippen LogP contribution in [0.4, 0.5) is 22.0 Å². The lowest BCUT2D eigenvalue weighted by atomic mass is 9.76. The van der Waals surface area contributed by atoms with E-state index in [1.54, 1.807) is 0 Å². The number of halogens is 5. The van der Waals surface area contributed by atoms with E-state index in [0.29, 0.717) is 11.5 Å². The molecule has 1 fully saturated rings. The summed E-state index contributed by atoms with van der Waals surface area (Å²) < 4.78 is 67.7. The van der Waals surface area contributed by atoms with Gasteiger partial charge in [-0.2, -0.15) is 13.2 Å². The van der Waals surface area contributed by atoms with Crippen LogP contribution in [0.5, 0.6) is 0 Å². The predicted octanol–water partition coefficient (Wildman–Crippen LogP) is 8.75. The molecule has 164 valence electrons. The molecule has 0 aliphatic heterocycles. The maximum Gasteiger partial charge on any atom is 0.416 e. The molecule has 0 atom stereocenters. The molecule has 30 heavy (non-hydrogen) atoms. The van der Waals surface area contributed by atoms with Gasteiger partial charge in [-0.15, -0.1) is 0 Å². The van der Waals surface area contributed by atoms with Gasteiger partial charge in [0.15, 0.2) is 0 Å². The lowest BCUT2D eigenvalue weighted by Crippen LogP contribution is -2.14. The summed E-state index contributed by atoms with van der Waals surface area (Å²) in [7, 11) is 0. The summed E-state index contributed by atoms with van der Waals surface area (Å²) in [4.78, 5) is 0. The largest absolute Gasteiger partial charge is 0.416 e. The Morgan fingerprint density at radius 3 is 1.97 bits per heavy atom. The van der Waals surface area contributed by atoms with Gasteiger partial charge in [0.1, 0.15) is 11.6 Å². The second-order valence-corrected chi connectivity index (χ2v) is 8.98. The summed E-state index contributed by atoms with van der Waals surface area (Å²) in [6, 6.07) is 6.66. The van der Waals surface area contributed by atoms with Crippen molar-refractivity contribution in [2.75, 3.05) is 0 Å². The van der Waals surface area contributed by atoms with E-state index in [-0.39, 0.29) is 17.0 Å². The highest BCUT2D eigenvalue weighted by molar-refractivity contribution is 5.66. The third-order valence-corrected chi connectivity index (χ3v) is 6.28. The van der Waals surface area contributed by atoms with E-state index in [1.807, 2.05) is 0 Å². The highest BCUT2D eigenvalue weighted by Crippen LogP contribution is 2.40. The van der Waals surface area contributed by atoms with Crippen molar-refractivity contribution in [2.45, 2.75) is 70.9 Å². The van der Waals surface area contributed by atoms with Gasteiger partial charge in [0.05, 0.1) is 11.1 Å². The molecule has 0 aromatic heterocycles. The van der Waals surface area contributed by atoms with Crippen LogP contribution in [0.15, 0.2) is 36.4 Å². The van der Waals surface area contributed by atoms with Crippen LogP contribution in [-0.2, 0) is 6.18 Å². The molecule has 2 aromatic carbocycles. The average Bonchev–Trinajstić information content (AvgIpc) is 2.67. The molecular formula is C25H29F5. The van der Waals surface area contributed by atoms with Crippen molar-refractivity contribution in [3.8, 4) is 11.1 Å². The Bertz CT molecular complexity index is 805. The van der Waals surface area contributed by atoms with E-state index in [4.69, 9.17) is 0 Å². The monoisotopic (exact) mass is 424 g/mol. The smallest absolute Gasteiger partial charge is 0.206 e. The van der Waals surface area contributed by atoms with Crippen molar-refractivity contribution in [1.29, 1.82) is 0 Å². The zero-order valence-corrected chi connectivity index (χ0v) is 17.5. The van der Waals surface area contributed by atoms with E-state index >= 15 is 0 Å². The lowest BCUT2D eigenvalue weighted by Gasteiger charge is -2.29. The van der Waals surface area contributed by atoms with Gasteiger partial charge < -0.3 is 0 Å². The van der Waals surface area contributed by atoms with Gasteiger partial charge in [-0.3, -0.25) is 0 Å². The van der Waals surface area contributed by atoms with Crippen LogP contribution < -0.4 is 0 Å². The molecule has 3 rings (SSSR count). The second-order valence-electron chi connectivity index (χ2n) is 8.98. The molecule has 1 saturated carbocycles. The fourth-order valence-corrected chi connectivity index (χ4v) is 4.53. The quantitative estimate of drug-likeness (QED) is 0.407. The van der Waals surface area contributed by atoms with Crippen LogP contribution in [-0.4, -0.2) is 0 Å². The van der Waals surface area contributed by atoms with Crippen LogP contribution in [0.25, 0.3) is 11.1 Å². The Labute approximate surface area is 175 Å². The molecule has 0 spiro atoms. The molecule has 0 bridgehead atoms. The van der Waals surface area contributed by atoms with Crippen molar-refractivity contribution in [1.82, 2.24) is 0 Å². The third kappa shape index (κ3) is 5.61. The third-order valence-electron chi connectivity index (χ3n) is 6.28. The molecule has 0 nitrogen and oxygen atoms in total. The fraction of sp³-hybridized carbons (Fsp3) is 0.520. The van der Waals surface area contributed by atoms with Crippen molar-refractivity contribution < 1.29 is 22.0 Å². The average molecular weight is 424 g/mol. The number of hydrogen-bond donors (Lipinski definition) is 0. The Balaban J connectivity index is 1.68. The van der Waals surface area contributed by atoms with Gasteiger partial charge in [-0.25, -0.2) is 8.78 Å². The molecule has 1 aliphatic rings. The Morgan fingerprint density at radius 1 is 0.900 bits per heavy atom. The summed E-state index contributed by atoms with van der Waals surface area (Å²) in [5, 5.41) is 0. The molecular weight excluding hydrogens is 395 g/mol. The first kappa shape index (κ1) is 22.8. The summed E-state index contributed by atoms with van der Waals surface area (Å²) in [5.74, 6) is 0.112. The lowest BCUT2D eigenvalue weighted by molar-refractivity contribution is -0.137. The van der Waals surface area contributed by atoms with Crippen LogP contribution in [0.2, 0.25) is 0 Å². The molecule has 5 heteroatoms. The summed E-state index contributed by atoms with van der Waals surface area (Å²) >= 11 is 0. The van der Waals surface area contributed by atoms with Crippen molar-refractivity contribution in [3.05, 3.63) is 59.2 Å². The molecule has 1 aliphatic carbocycles. The first-order chi connectivity index (χ1) is 14.1. The topological polar surface area (TPSA) is 0 Å². The second kappa shape index (κ2) is 9.49. The highest BCUT2D eigenvalue weighted by Gasteiger charge is 2.30. The Kier molecular flexibility index (Phi) is 7.20. The normalized spacial score (nSPS) is 20.0. The first-order valence-electron chi connectivity index (χ1n) is 10.8. The van der Waals surface area contributed by atoms with Crippen molar-refractivity contribution >= 4 is 0 Å². The van der Waals surface area contributed by atoms with Crippen LogP contribution in [0.3, 0.4) is 0 Å². The van der Waals surface area contributed by atoms with E-state index in [2.05, 4.69) is 13.8 Å². The maximum absolute atomic E-state index is 14.7. The summed E-state index contributed by atoms with van der Waals surface area (Å²) in [5.41, 5.74) is -0.344. The predicted molar refractivity (Wildman–Crippen MR) is 110 cm³/mol. The minimum atomic E-state index is -4.48. The van der Waals surface area contributed by atoms with Crippen molar-refractivity contribution in [2.24, 2.45) is 11.8 Å². The Hall–Kier alpha value is -1.91. The van der Waals surface area contributed by atoms with Crippen LogP contribution in [0.1, 0.15) is 75.8 Å². The molecule has 0 amide bonds. The summed E-state index contributed by atoms with van der Waals surface area (Å²) in [6.07, 6.45) is 3.21. The van der Waals surface area contributed by atoms with E-state index < -0.39 is 23.4 Å². The van der Waals surface area contributed by atoms with Crippen molar-refractivity contribution in [3.63, 3.8) is 0 Å². The van der Waals surface area contributed by atoms with Crippen LogP contribution >= 0.6 is 0 Å². The molecule has 2 aromatic rings. The number of benzene rings is 2. The number of rotatable bonds is 6. The van der Waals surface area contributed by atoms with E-state index in [0.717, 1.165) is 55.9 Å². The van der Waals surface area contributed by atoms with E-state index in [1.165, 1.54) is 31.4 Å². The number of alkyl halides is 3. The van der Waals surface area contributed by atoms with Gasteiger partial charge in [0.2, 0.25) is 0 Å². The zero-order chi connectivity index (χ0) is 21.9. The summed E-state index contributed by atoms with van der Waals surface area (Å²) in [6.45, 7) is 4.46. The molecule has 0 unspecified atom stereocenters. The SMILES string of the molecule is CC(C)CCCC1CCC(c2cc(F)c(-c3ccc(C(F)(F)F)cc3)c(F)c2)CC1. The van der Waals surface area contributed by atoms with Gasteiger partial charge in [-0.1, -0.05) is 45.2 Å².